The minimum atomic E-state index is -0.280. The third-order valence-corrected chi connectivity index (χ3v) is 4.72. The molecule has 0 heterocycles. The van der Waals surface area contributed by atoms with Crippen molar-refractivity contribution in [2.45, 2.75) is 33.2 Å². The van der Waals surface area contributed by atoms with Crippen LogP contribution in [0.5, 0.6) is 17.2 Å². The maximum absolute atomic E-state index is 12.9. The van der Waals surface area contributed by atoms with E-state index in [0.717, 1.165) is 11.1 Å². The fourth-order valence-electron chi connectivity index (χ4n) is 3.09. The molecule has 3 aromatic carbocycles. The molecular weight excluding hydrogens is 406 g/mol. The van der Waals surface area contributed by atoms with Crippen molar-refractivity contribution in [3.05, 3.63) is 83.4 Å². The van der Waals surface area contributed by atoms with Crippen LogP contribution in [0.3, 0.4) is 0 Å². The van der Waals surface area contributed by atoms with Gasteiger partial charge in [-0.3, -0.25) is 4.79 Å². The molecule has 3 aromatic rings. The van der Waals surface area contributed by atoms with Gasteiger partial charge >= 0.3 is 0 Å². The summed E-state index contributed by atoms with van der Waals surface area (Å²) in [4.78, 5) is 12.9. The van der Waals surface area contributed by atoms with Crippen molar-refractivity contribution in [1.29, 1.82) is 0 Å². The third kappa shape index (κ3) is 6.25. The summed E-state index contributed by atoms with van der Waals surface area (Å²) >= 11 is 0. The average Bonchev–Trinajstić information content (AvgIpc) is 2.81. The number of benzene rings is 3. The fraction of sp³-hybridized carbons (Fsp3) is 0.269. The number of nitrogens with one attached hydrogen (secondary N) is 1. The number of amides is 1. The highest BCUT2D eigenvalue weighted by Gasteiger charge is 2.18. The Morgan fingerprint density at radius 1 is 0.844 bits per heavy atom. The number of hydrogen-bond donors (Lipinski definition) is 1. The smallest absolute Gasteiger partial charge is 0.255 e. The molecule has 0 aromatic heterocycles. The van der Waals surface area contributed by atoms with E-state index in [4.69, 9.17) is 18.9 Å². The monoisotopic (exact) mass is 435 g/mol. The van der Waals surface area contributed by atoms with Crippen molar-refractivity contribution in [3.8, 4) is 17.2 Å². The Morgan fingerprint density at radius 2 is 1.50 bits per heavy atom. The van der Waals surface area contributed by atoms with Gasteiger partial charge in [-0.2, -0.15) is 0 Å². The lowest BCUT2D eigenvalue weighted by Gasteiger charge is -2.16. The van der Waals surface area contributed by atoms with Gasteiger partial charge in [0.05, 0.1) is 26.9 Å². The first-order valence-electron chi connectivity index (χ1n) is 10.4. The molecule has 32 heavy (non-hydrogen) atoms. The van der Waals surface area contributed by atoms with Gasteiger partial charge in [0, 0.05) is 11.3 Å². The van der Waals surface area contributed by atoms with E-state index < -0.39 is 0 Å². The van der Waals surface area contributed by atoms with Crippen molar-refractivity contribution in [3.63, 3.8) is 0 Å². The topological polar surface area (TPSA) is 66.0 Å². The number of ether oxygens (including phenoxy) is 4. The number of carbonyl (C=O) groups is 1. The van der Waals surface area contributed by atoms with Crippen molar-refractivity contribution in [2.75, 3.05) is 19.5 Å². The van der Waals surface area contributed by atoms with E-state index >= 15 is 0 Å². The zero-order valence-corrected chi connectivity index (χ0v) is 18.9. The molecule has 1 amide bonds. The lowest BCUT2D eigenvalue weighted by Crippen LogP contribution is -2.13. The molecule has 0 atom stereocenters. The predicted molar refractivity (Wildman–Crippen MR) is 125 cm³/mol. The largest absolute Gasteiger partial charge is 0.493 e. The molecule has 1 N–H and O–H groups in total. The molecule has 6 nitrogen and oxygen atoms in total. The van der Waals surface area contributed by atoms with E-state index in [1.165, 1.54) is 14.2 Å². The van der Waals surface area contributed by atoms with Crippen LogP contribution in [0.15, 0.2) is 66.7 Å². The quantitative estimate of drug-likeness (QED) is 0.458. The molecule has 3 rings (SSSR count). The van der Waals surface area contributed by atoms with Crippen molar-refractivity contribution >= 4 is 11.6 Å². The number of anilines is 1. The second-order valence-corrected chi connectivity index (χ2v) is 7.50. The summed E-state index contributed by atoms with van der Waals surface area (Å²) in [6.07, 6.45) is 0.135. The lowest BCUT2D eigenvalue weighted by atomic mass is 10.1. The second-order valence-electron chi connectivity index (χ2n) is 7.50. The minimum absolute atomic E-state index is 0.135. The van der Waals surface area contributed by atoms with Gasteiger partial charge in [0.1, 0.15) is 6.61 Å². The van der Waals surface area contributed by atoms with Crippen LogP contribution in [0.4, 0.5) is 5.69 Å². The van der Waals surface area contributed by atoms with Crippen LogP contribution >= 0.6 is 0 Å². The summed E-state index contributed by atoms with van der Waals surface area (Å²) in [5, 5.41) is 2.92. The highest BCUT2D eigenvalue weighted by molar-refractivity contribution is 6.05. The molecule has 0 aliphatic rings. The average molecular weight is 436 g/mol. The Bertz CT molecular complexity index is 1010. The molecule has 0 unspecified atom stereocenters. The van der Waals surface area contributed by atoms with Crippen molar-refractivity contribution < 1.29 is 23.7 Å². The molecule has 0 bridgehead atoms. The van der Waals surface area contributed by atoms with Crippen LogP contribution in [-0.4, -0.2) is 26.2 Å². The van der Waals surface area contributed by atoms with Crippen LogP contribution in [0, 0.1) is 0 Å². The number of methoxy groups -OCH3 is 2. The fourth-order valence-corrected chi connectivity index (χ4v) is 3.09. The normalized spacial score (nSPS) is 10.7. The zero-order valence-electron chi connectivity index (χ0n) is 18.9. The maximum Gasteiger partial charge on any atom is 0.255 e. The standard InChI is InChI=1S/C26H29NO5/c1-18(2)31-17-20-11-8-12-22(13-20)27-26(28)21-14-23(29-3)25(24(15-21)30-4)32-16-19-9-6-5-7-10-19/h5-15,18H,16-17H2,1-4H3,(H,27,28). The Hall–Kier alpha value is -3.51. The molecule has 0 aliphatic heterocycles. The van der Waals surface area contributed by atoms with E-state index in [1.54, 1.807) is 12.1 Å². The molecule has 6 heteroatoms. The van der Waals surface area contributed by atoms with Crippen molar-refractivity contribution in [2.24, 2.45) is 0 Å². The molecular formula is C26H29NO5. The van der Waals surface area contributed by atoms with Gasteiger partial charge in [0.15, 0.2) is 11.5 Å². The first-order valence-corrected chi connectivity index (χ1v) is 10.4. The third-order valence-electron chi connectivity index (χ3n) is 4.72. The molecule has 0 saturated heterocycles. The summed E-state index contributed by atoms with van der Waals surface area (Å²) in [5.41, 5.74) is 3.08. The SMILES string of the molecule is COc1cc(C(=O)Nc2cccc(COC(C)C)c2)cc(OC)c1OCc1ccccc1. The molecule has 0 spiro atoms. The first-order chi connectivity index (χ1) is 15.5. The number of hydrogen-bond acceptors (Lipinski definition) is 5. The highest BCUT2D eigenvalue weighted by atomic mass is 16.5. The van der Waals surface area contributed by atoms with Crippen molar-refractivity contribution in [1.82, 2.24) is 0 Å². The van der Waals surface area contributed by atoms with Gasteiger partial charge in [-0.05, 0) is 49.2 Å². The van der Waals surface area contributed by atoms with Crippen LogP contribution in [0.1, 0.15) is 35.3 Å². The van der Waals surface area contributed by atoms with Gasteiger partial charge < -0.3 is 24.3 Å². The zero-order chi connectivity index (χ0) is 22.9. The molecule has 168 valence electrons. The van der Waals surface area contributed by atoms with Crippen LogP contribution < -0.4 is 19.5 Å². The van der Waals surface area contributed by atoms with E-state index in [0.29, 0.717) is 41.7 Å². The van der Waals surface area contributed by atoms with E-state index in [9.17, 15) is 4.79 Å². The van der Waals surface area contributed by atoms with E-state index in [1.807, 2.05) is 68.4 Å². The summed E-state index contributed by atoms with van der Waals surface area (Å²) in [7, 11) is 3.06. The Morgan fingerprint density at radius 3 is 2.12 bits per heavy atom. The molecule has 0 saturated carbocycles. The summed E-state index contributed by atoms with van der Waals surface area (Å²) in [6.45, 7) is 4.81. The van der Waals surface area contributed by atoms with Gasteiger partial charge in [-0.15, -0.1) is 0 Å². The first kappa shape index (κ1) is 23.2. The van der Waals surface area contributed by atoms with Gasteiger partial charge in [-0.1, -0.05) is 42.5 Å². The Labute approximate surface area is 189 Å². The number of carbonyl (C=O) groups excluding carboxylic acids is 1. The predicted octanol–water partition coefficient (Wildman–Crippen LogP) is 5.46. The molecule has 0 radical (unpaired) electrons. The summed E-state index contributed by atoms with van der Waals surface area (Å²) in [6, 6.07) is 20.7. The molecule has 0 aliphatic carbocycles. The van der Waals surface area contributed by atoms with Gasteiger partial charge in [-0.25, -0.2) is 0 Å². The van der Waals surface area contributed by atoms with Gasteiger partial charge in [0.25, 0.3) is 5.91 Å². The van der Waals surface area contributed by atoms with E-state index in [-0.39, 0.29) is 12.0 Å². The highest BCUT2D eigenvalue weighted by Crippen LogP contribution is 2.39. The molecule has 0 fully saturated rings. The van der Waals surface area contributed by atoms with Crippen LogP contribution in [-0.2, 0) is 18.0 Å². The lowest BCUT2D eigenvalue weighted by molar-refractivity contribution is 0.0657. The summed E-state index contributed by atoms with van der Waals surface area (Å²) in [5.74, 6) is 1.01. The van der Waals surface area contributed by atoms with Crippen LogP contribution in [0.2, 0.25) is 0 Å². The second kappa shape index (κ2) is 11.2. The Balaban J connectivity index is 1.77. The minimum Gasteiger partial charge on any atom is -0.493 e. The van der Waals surface area contributed by atoms with E-state index in [2.05, 4.69) is 5.32 Å². The maximum atomic E-state index is 12.9. The summed E-state index contributed by atoms with van der Waals surface area (Å²) < 4.78 is 22.6. The van der Waals surface area contributed by atoms with Crippen LogP contribution in [0.25, 0.3) is 0 Å². The number of rotatable bonds is 10. The van der Waals surface area contributed by atoms with Gasteiger partial charge in [0.2, 0.25) is 5.75 Å². The Kier molecular flexibility index (Phi) is 8.11.